The van der Waals surface area contributed by atoms with Gasteiger partial charge in [0.25, 0.3) is 5.91 Å². The first kappa shape index (κ1) is 20.9. The predicted molar refractivity (Wildman–Crippen MR) is 122 cm³/mol. The Bertz CT molecular complexity index is 1240. The molecule has 1 spiro atoms. The first-order chi connectivity index (χ1) is 15.4. The van der Waals surface area contributed by atoms with Gasteiger partial charge in [0.15, 0.2) is 11.5 Å². The fourth-order valence-electron chi connectivity index (χ4n) is 4.98. The number of anilines is 1. The number of amides is 1. The summed E-state index contributed by atoms with van der Waals surface area (Å²) >= 11 is 6.07. The fraction of sp³-hybridized carbons (Fsp3) is 0.360. The summed E-state index contributed by atoms with van der Waals surface area (Å²) in [6.07, 6.45) is 5.50. The van der Waals surface area contributed by atoms with E-state index in [1.807, 2.05) is 0 Å². The maximum atomic E-state index is 13.3. The van der Waals surface area contributed by atoms with Gasteiger partial charge in [-0.2, -0.15) is 0 Å². The zero-order valence-electron chi connectivity index (χ0n) is 18.0. The van der Waals surface area contributed by atoms with Gasteiger partial charge < -0.3 is 19.2 Å². The maximum absolute atomic E-state index is 13.3. The van der Waals surface area contributed by atoms with Crippen LogP contribution in [0.1, 0.15) is 65.0 Å². The molecule has 3 aromatic rings. The summed E-state index contributed by atoms with van der Waals surface area (Å²) in [5.41, 5.74) is 1.65. The van der Waals surface area contributed by atoms with Gasteiger partial charge in [0.05, 0.1) is 24.8 Å². The van der Waals surface area contributed by atoms with E-state index in [1.54, 1.807) is 37.3 Å². The van der Waals surface area contributed by atoms with E-state index in [9.17, 15) is 9.59 Å². The number of furan rings is 1. The van der Waals surface area contributed by atoms with Crippen molar-refractivity contribution in [3.05, 3.63) is 52.2 Å². The second-order valence-corrected chi connectivity index (χ2v) is 9.05. The van der Waals surface area contributed by atoms with Gasteiger partial charge in [0.1, 0.15) is 22.7 Å². The van der Waals surface area contributed by atoms with Gasteiger partial charge in [-0.15, -0.1) is 0 Å². The second kappa shape index (κ2) is 7.85. The van der Waals surface area contributed by atoms with Crippen LogP contribution in [0.15, 0.2) is 34.7 Å². The molecule has 32 heavy (non-hydrogen) atoms. The van der Waals surface area contributed by atoms with Crippen molar-refractivity contribution >= 4 is 39.9 Å². The summed E-state index contributed by atoms with van der Waals surface area (Å²) in [5.74, 6) is 0.812. The summed E-state index contributed by atoms with van der Waals surface area (Å²) in [4.78, 5) is 26.3. The van der Waals surface area contributed by atoms with Crippen molar-refractivity contribution in [3.8, 4) is 11.5 Å². The number of ketones is 1. The molecule has 2 aromatic carbocycles. The fourth-order valence-corrected chi connectivity index (χ4v) is 5.15. The molecule has 166 valence electrons. The van der Waals surface area contributed by atoms with Crippen molar-refractivity contribution in [2.45, 2.75) is 51.0 Å². The summed E-state index contributed by atoms with van der Waals surface area (Å²) in [6, 6.07) is 8.53. The van der Waals surface area contributed by atoms with Crippen LogP contribution in [0.5, 0.6) is 11.5 Å². The average Bonchev–Trinajstić information content (AvgIpc) is 3.11. The Labute approximate surface area is 190 Å². The van der Waals surface area contributed by atoms with Gasteiger partial charge in [0, 0.05) is 16.0 Å². The molecule has 1 saturated carbocycles. The van der Waals surface area contributed by atoms with E-state index in [0.717, 1.165) is 25.7 Å². The molecular weight excluding hydrogens is 430 g/mol. The molecule has 1 aliphatic carbocycles. The number of methoxy groups -OCH3 is 1. The average molecular weight is 454 g/mol. The van der Waals surface area contributed by atoms with Gasteiger partial charge in [-0.25, -0.2) is 0 Å². The lowest BCUT2D eigenvalue weighted by molar-refractivity contribution is 0.0139. The number of rotatable bonds is 3. The number of hydrogen-bond donors (Lipinski definition) is 1. The SMILES string of the molecule is COc1ccc(Cl)cc1NC(=O)c1oc2ccc3c(c2c1C)C(=O)CC1(CCCCC1)O3. The summed E-state index contributed by atoms with van der Waals surface area (Å²) in [5, 5.41) is 3.91. The standard InChI is InChI=1S/C25H24ClNO5/c1-14-21-19(31-23(14)24(29)27-16-12-15(26)6-7-18(16)30-2)8-9-20-22(21)17(28)13-25(32-20)10-4-3-5-11-25/h6-9,12H,3-5,10-11,13H2,1-2H3,(H,27,29). The van der Waals surface area contributed by atoms with Crippen LogP contribution in [0, 0.1) is 6.92 Å². The van der Waals surface area contributed by atoms with Crippen LogP contribution in [0.3, 0.4) is 0 Å². The highest BCUT2D eigenvalue weighted by atomic mass is 35.5. The zero-order chi connectivity index (χ0) is 22.5. The lowest BCUT2D eigenvalue weighted by Crippen LogP contribution is -2.43. The van der Waals surface area contributed by atoms with E-state index in [2.05, 4.69) is 5.32 Å². The highest BCUT2D eigenvalue weighted by molar-refractivity contribution is 6.31. The van der Waals surface area contributed by atoms with Crippen molar-refractivity contribution in [1.82, 2.24) is 0 Å². The van der Waals surface area contributed by atoms with Crippen LogP contribution in [0.4, 0.5) is 5.69 Å². The molecule has 1 aliphatic heterocycles. The molecule has 1 amide bonds. The molecule has 0 unspecified atom stereocenters. The number of carbonyl (C=O) groups excluding carboxylic acids is 2. The lowest BCUT2D eigenvalue weighted by atomic mass is 9.78. The van der Waals surface area contributed by atoms with Crippen LogP contribution in [-0.2, 0) is 0 Å². The number of ether oxygens (including phenoxy) is 2. The summed E-state index contributed by atoms with van der Waals surface area (Å²) in [6.45, 7) is 1.79. The molecule has 0 radical (unpaired) electrons. The van der Waals surface area contributed by atoms with Crippen LogP contribution >= 0.6 is 11.6 Å². The number of halogens is 1. The highest BCUT2D eigenvalue weighted by Crippen LogP contribution is 2.45. The van der Waals surface area contributed by atoms with Crippen molar-refractivity contribution < 1.29 is 23.5 Å². The van der Waals surface area contributed by atoms with Crippen molar-refractivity contribution in [2.24, 2.45) is 0 Å². The minimum Gasteiger partial charge on any atom is -0.495 e. The third-order valence-electron chi connectivity index (χ3n) is 6.53. The molecular formula is C25H24ClNO5. The van der Waals surface area contributed by atoms with E-state index in [1.165, 1.54) is 13.5 Å². The topological polar surface area (TPSA) is 77.8 Å². The van der Waals surface area contributed by atoms with Gasteiger partial charge in [-0.05, 0) is 62.9 Å². The van der Waals surface area contributed by atoms with Crippen molar-refractivity contribution in [3.63, 3.8) is 0 Å². The Hall–Kier alpha value is -2.99. The Morgan fingerprint density at radius 3 is 2.69 bits per heavy atom. The Balaban J connectivity index is 1.53. The molecule has 0 saturated heterocycles. The maximum Gasteiger partial charge on any atom is 0.291 e. The second-order valence-electron chi connectivity index (χ2n) is 8.61. The van der Waals surface area contributed by atoms with Crippen LogP contribution < -0.4 is 14.8 Å². The van der Waals surface area contributed by atoms with E-state index >= 15 is 0 Å². The molecule has 2 heterocycles. The van der Waals surface area contributed by atoms with Crippen molar-refractivity contribution in [1.29, 1.82) is 0 Å². The normalized spacial score (nSPS) is 17.2. The van der Waals surface area contributed by atoms with Gasteiger partial charge in [0.2, 0.25) is 0 Å². The first-order valence-electron chi connectivity index (χ1n) is 10.8. The minimum atomic E-state index is -0.444. The predicted octanol–water partition coefficient (Wildman–Crippen LogP) is 6.32. The molecule has 6 nitrogen and oxygen atoms in total. The van der Waals surface area contributed by atoms with Gasteiger partial charge in [-0.3, -0.25) is 9.59 Å². The van der Waals surface area contributed by atoms with Gasteiger partial charge in [-0.1, -0.05) is 18.0 Å². The first-order valence-corrected chi connectivity index (χ1v) is 11.2. The number of aryl methyl sites for hydroxylation is 1. The number of benzene rings is 2. The highest BCUT2D eigenvalue weighted by Gasteiger charge is 2.42. The van der Waals surface area contributed by atoms with E-state index in [4.69, 9.17) is 25.5 Å². The van der Waals surface area contributed by atoms with Crippen LogP contribution in [0.2, 0.25) is 5.02 Å². The van der Waals surface area contributed by atoms with Crippen LogP contribution in [0.25, 0.3) is 11.0 Å². The molecule has 0 atom stereocenters. The van der Waals surface area contributed by atoms with E-state index < -0.39 is 11.5 Å². The number of Topliss-reactive ketones (excluding diaryl/α,β-unsaturated/α-hetero) is 1. The molecule has 7 heteroatoms. The Morgan fingerprint density at radius 2 is 1.94 bits per heavy atom. The molecule has 5 rings (SSSR count). The molecule has 1 N–H and O–H groups in total. The zero-order valence-corrected chi connectivity index (χ0v) is 18.8. The molecule has 2 aliphatic rings. The third-order valence-corrected chi connectivity index (χ3v) is 6.76. The third kappa shape index (κ3) is 3.43. The summed E-state index contributed by atoms with van der Waals surface area (Å²) < 4.78 is 17.6. The van der Waals surface area contributed by atoms with Gasteiger partial charge >= 0.3 is 0 Å². The monoisotopic (exact) mass is 453 g/mol. The number of carbonyl (C=O) groups is 2. The number of fused-ring (bicyclic) bond motifs is 3. The van der Waals surface area contributed by atoms with E-state index in [0.29, 0.717) is 50.7 Å². The molecule has 1 aromatic heterocycles. The lowest BCUT2D eigenvalue weighted by Gasteiger charge is -2.40. The van der Waals surface area contributed by atoms with Crippen molar-refractivity contribution in [2.75, 3.05) is 12.4 Å². The largest absolute Gasteiger partial charge is 0.495 e. The minimum absolute atomic E-state index is 0.0473. The smallest absolute Gasteiger partial charge is 0.291 e. The Morgan fingerprint density at radius 1 is 1.16 bits per heavy atom. The number of nitrogens with one attached hydrogen (secondary N) is 1. The van der Waals surface area contributed by atoms with E-state index in [-0.39, 0.29) is 11.5 Å². The summed E-state index contributed by atoms with van der Waals surface area (Å²) in [7, 11) is 1.52. The quantitative estimate of drug-likeness (QED) is 0.501. The Kier molecular flexibility index (Phi) is 5.13. The molecule has 1 fully saturated rings. The van der Waals surface area contributed by atoms with Crippen LogP contribution in [-0.4, -0.2) is 24.4 Å². The molecule has 0 bridgehead atoms. The number of hydrogen-bond acceptors (Lipinski definition) is 5.